The van der Waals surface area contributed by atoms with Gasteiger partial charge in [-0.3, -0.25) is 4.79 Å². The maximum absolute atomic E-state index is 12.7. The largest absolute Gasteiger partial charge is 0.490 e. The molecule has 7 heteroatoms. The summed E-state index contributed by atoms with van der Waals surface area (Å²) < 4.78 is 11.2. The Morgan fingerprint density at radius 3 is 2.33 bits per heavy atom. The van der Waals surface area contributed by atoms with Crippen LogP contribution in [0.2, 0.25) is 5.02 Å². The summed E-state index contributed by atoms with van der Waals surface area (Å²) in [6.45, 7) is 8.45. The highest BCUT2D eigenvalue weighted by atomic mass is 35.5. The Kier molecular flexibility index (Phi) is 7.36. The van der Waals surface area contributed by atoms with Crippen LogP contribution in [-0.4, -0.2) is 47.7 Å². The summed E-state index contributed by atoms with van der Waals surface area (Å²) >= 11 is 5.88. The van der Waals surface area contributed by atoms with E-state index in [9.17, 15) is 9.59 Å². The van der Waals surface area contributed by atoms with Gasteiger partial charge in [0.05, 0.1) is 0 Å². The van der Waals surface area contributed by atoms with Gasteiger partial charge in [-0.05, 0) is 51.5 Å². The summed E-state index contributed by atoms with van der Waals surface area (Å²) in [6.07, 6.45) is 1.51. The highest BCUT2D eigenvalue weighted by Gasteiger charge is 2.30. The van der Waals surface area contributed by atoms with Crippen LogP contribution in [0.3, 0.4) is 0 Å². The van der Waals surface area contributed by atoms with Crippen LogP contribution < -0.4 is 10.1 Å². The number of benzene rings is 1. The maximum atomic E-state index is 12.7. The van der Waals surface area contributed by atoms with Crippen LogP contribution in [0, 0.1) is 0 Å². The van der Waals surface area contributed by atoms with Gasteiger partial charge in [-0.1, -0.05) is 18.5 Å². The fourth-order valence-corrected chi connectivity index (χ4v) is 3.03. The standard InChI is InChI=1S/C20H29ClN2O4/c1-5-17(22-19(25)27-20(2,3)4)18(24)23-12-10-16(11-13-23)26-15-8-6-14(21)7-9-15/h6-9,16-17H,5,10-13H2,1-4H3,(H,22,25)/t17-/m0/s1. The molecule has 1 atom stereocenters. The number of nitrogens with one attached hydrogen (secondary N) is 1. The third-order valence-electron chi connectivity index (χ3n) is 4.27. The molecule has 1 fully saturated rings. The van der Waals surface area contributed by atoms with Gasteiger partial charge in [0.25, 0.3) is 0 Å². The van der Waals surface area contributed by atoms with Crippen molar-refractivity contribution in [2.24, 2.45) is 0 Å². The van der Waals surface area contributed by atoms with E-state index in [2.05, 4.69) is 5.32 Å². The normalized spacial score (nSPS) is 16.6. The molecule has 1 aromatic carbocycles. The second-order valence-corrected chi connectivity index (χ2v) is 8.14. The van der Waals surface area contributed by atoms with Crippen LogP contribution in [0.1, 0.15) is 47.0 Å². The summed E-state index contributed by atoms with van der Waals surface area (Å²) in [7, 11) is 0. The van der Waals surface area contributed by atoms with Crippen LogP contribution in [0.25, 0.3) is 0 Å². The van der Waals surface area contributed by atoms with E-state index in [0.717, 1.165) is 18.6 Å². The summed E-state index contributed by atoms with van der Waals surface area (Å²) in [5.74, 6) is 0.704. The van der Waals surface area contributed by atoms with Crippen molar-refractivity contribution in [2.45, 2.75) is 64.7 Å². The summed E-state index contributed by atoms with van der Waals surface area (Å²) in [5, 5.41) is 3.35. The summed E-state index contributed by atoms with van der Waals surface area (Å²) in [4.78, 5) is 26.5. The van der Waals surface area contributed by atoms with Gasteiger partial charge in [0.1, 0.15) is 23.5 Å². The van der Waals surface area contributed by atoms with E-state index < -0.39 is 17.7 Å². The minimum atomic E-state index is -0.594. The molecular weight excluding hydrogens is 368 g/mol. The molecule has 2 rings (SSSR count). The van der Waals surface area contributed by atoms with E-state index in [-0.39, 0.29) is 12.0 Å². The first-order chi connectivity index (χ1) is 12.7. The number of piperidine rings is 1. The van der Waals surface area contributed by atoms with Crippen molar-refractivity contribution in [1.82, 2.24) is 10.2 Å². The van der Waals surface area contributed by atoms with Gasteiger partial charge in [-0.25, -0.2) is 4.79 Å². The number of likely N-dealkylation sites (tertiary alicyclic amines) is 1. The van der Waals surface area contributed by atoms with Crippen molar-refractivity contribution in [3.8, 4) is 5.75 Å². The van der Waals surface area contributed by atoms with Crippen LogP contribution >= 0.6 is 11.6 Å². The zero-order valence-corrected chi connectivity index (χ0v) is 17.2. The molecule has 1 aliphatic heterocycles. The minimum Gasteiger partial charge on any atom is -0.490 e. The fourth-order valence-electron chi connectivity index (χ4n) is 2.91. The predicted molar refractivity (Wildman–Crippen MR) is 105 cm³/mol. The zero-order valence-electron chi connectivity index (χ0n) is 16.5. The van der Waals surface area contributed by atoms with Gasteiger partial charge in [0, 0.05) is 31.0 Å². The molecule has 0 saturated carbocycles. The molecule has 1 aromatic rings. The lowest BCUT2D eigenvalue weighted by Gasteiger charge is -2.34. The SMILES string of the molecule is CC[C@H](NC(=O)OC(C)(C)C)C(=O)N1CCC(Oc2ccc(Cl)cc2)CC1. The lowest BCUT2D eigenvalue weighted by atomic mass is 10.1. The third-order valence-corrected chi connectivity index (χ3v) is 4.52. The Labute approximate surface area is 166 Å². The molecule has 1 N–H and O–H groups in total. The Bertz CT molecular complexity index is 634. The fraction of sp³-hybridized carbons (Fsp3) is 0.600. The molecule has 0 aliphatic carbocycles. The smallest absolute Gasteiger partial charge is 0.408 e. The maximum Gasteiger partial charge on any atom is 0.408 e. The van der Waals surface area contributed by atoms with Crippen molar-refractivity contribution in [3.63, 3.8) is 0 Å². The first-order valence-corrected chi connectivity index (χ1v) is 9.76. The molecule has 2 amide bonds. The van der Waals surface area contributed by atoms with Crippen molar-refractivity contribution in [2.75, 3.05) is 13.1 Å². The molecule has 6 nitrogen and oxygen atoms in total. The minimum absolute atomic E-state index is 0.0640. The molecule has 27 heavy (non-hydrogen) atoms. The Hall–Kier alpha value is -1.95. The molecule has 1 heterocycles. The lowest BCUT2D eigenvalue weighted by molar-refractivity contribution is -0.135. The second kappa shape index (κ2) is 9.31. The molecule has 0 aromatic heterocycles. The highest BCUT2D eigenvalue weighted by Crippen LogP contribution is 2.21. The van der Waals surface area contributed by atoms with Crippen LogP contribution in [0.5, 0.6) is 5.75 Å². The number of alkyl carbamates (subject to hydrolysis) is 1. The highest BCUT2D eigenvalue weighted by molar-refractivity contribution is 6.30. The molecule has 0 radical (unpaired) electrons. The number of carbonyl (C=O) groups excluding carboxylic acids is 2. The van der Waals surface area contributed by atoms with Crippen LogP contribution in [0.4, 0.5) is 4.79 Å². The Balaban J connectivity index is 1.83. The van der Waals surface area contributed by atoms with E-state index in [1.165, 1.54) is 0 Å². The van der Waals surface area contributed by atoms with E-state index >= 15 is 0 Å². The number of nitrogens with zero attached hydrogens (tertiary/aromatic N) is 1. The molecular formula is C20H29ClN2O4. The quantitative estimate of drug-likeness (QED) is 0.816. The van der Waals surface area contributed by atoms with Crippen LogP contribution in [0.15, 0.2) is 24.3 Å². The average Bonchev–Trinajstić information content (AvgIpc) is 2.60. The van der Waals surface area contributed by atoms with E-state index in [1.807, 2.05) is 19.1 Å². The van der Waals surface area contributed by atoms with E-state index in [4.69, 9.17) is 21.1 Å². The summed E-state index contributed by atoms with van der Waals surface area (Å²) in [6, 6.07) is 6.71. The molecule has 150 valence electrons. The lowest BCUT2D eigenvalue weighted by Crippen LogP contribution is -2.52. The molecule has 1 aliphatic rings. The van der Waals surface area contributed by atoms with Gasteiger partial charge in [0.2, 0.25) is 5.91 Å². The second-order valence-electron chi connectivity index (χ2n) is 7.70. The number of hydrogen-bond donors (Lipinski definition) is 1. The van der Waals surface area contributed by atoms with Crippen molar-refractivity contribution < 1.29 is 19.1 Å². The van der Waals surface area contributed by atoms with Gasteiger partial charge in [-0.2, -0.15) is 0 Å². The average molecular weight is 397 g/mol. The zero-order chi connectivity index (χ0) is 20.0. The van der Waals surface area contributed by atoms with Gasteiger partial charge in [0.15, 0.2) is 0 Å². The summed E-state index contributed by atoms with van der Waals surface area (Å²) in [5.41, 5.74) is -0.594. The monoisotopic (exact) mass is 396 g/mol. The van der Waals surface area contributed by atoms with Crippen molar-refractivity contribution in [3.05, 3.63) is 29.3 Å². The molecule has 0 spiro atoms. The predicted octanol–water partition coefficient (Wildman–Crippen LogP) is 4.01. The van der Waals surface area contributed by atoms with E-state index in [1.54, 1.807) is 37.8 Å². The van der Waals surface area contributed by atoms with Gasteiger partial charge >= 0.3 is 6.09 Å². The first kappa shape index (κ1) is 21.4. The van der Waals surface area contributed by atoms with Crippen molar-refractivity contribution >= 4 is 23.6 Å². The first-order valence-electron chi connectivity index (χ1n) is 9.38. The van der Waals surface area contributed by atoms with E-state index in [0.29, 0.717) is 24.5 Å². The molecule has 0 bridgehead atoms. The molecule has 1 saturated heterocycles. The topological polar surface area (TPSA) is 67.9 Å². The number of halogens is 1. The number of amides is 2. The van der Waals surface area contributed by atoms with Gasteiger partial charge in [-0.15, -0.1) is 0 Å². The number of hydrogen-bond acceptors (Lipinski definition) is 4. The van der Waals surface area contributed by atoms with Crippen LogP contribution in [-0.2, 0) is 9.53 Å². The Morgan fingerprint density at radius 2 is 1.81 bits per heavy atom. The number of rotatable bonds is 5. The van der Waals surface area contributed by atoms with Gasteiger partial charge < -0.3 is 19.7 Å². The molecule has 0 unspecified atom stereocenters. The number of carbonyl (C=O) groups is 2. The third kappa shape index (κ3) is 6.94. The van der Waals surface area contributed by atoms with Crippen molar-refractivity contribution in [1.29, 1.82) is 0 Å². The number of ether oxygens (including phenoxy) is 2. The Morgan fingerprint density at radius 1 is 1.22 bits per heavy atom.